The molecule has 11 heteroatoms. The van der Waals surface area contributed by atoms with Gasteiger partial charge in [0, 0.05) is 24.5 Å². The van der Waals surface area contributed by atoms with Crippen molar-refractivity contribution in [3.8, 4) is 11.5 Å². The number of nitrogens with zero attached hydrogens (tertiary/aromatic N) is 3. The van der Waals surface area contributed by atoms with Crippen LogP contribution >= 0.6 is 0 Å². The van der Waals surface area contributed by atoms with E-state index in [0.717, 1.165) is 15.7 Å². The Morgan fingerprint density at radius 3 is 2.37 bits per heavy atom. The van der Waals surface area contributed by atoms with Crippen LogP contribution in [0, 0.1) is 12.8 Å². The van der Waals surface area contributed by atoms with Gasteiger partial charge in [-0.25, -0.2) is 14.2 Å². The van der Waals surface area contributed by atoms with Crippen molar-refractivity contribution in [2.75, 3.05) is 12.4 Å². The van der Waals surface area contributed by atoms with Gasteiger partial charge in [-0.3, -0.25) is 14.2 Å². The van der Waals surface area contributed by atoms with Crippen molar-refractivity contribution in [3.05, 3.63) is 109 Å². The lowest BCUT2D eigenvalue weighted by Gasteiger charge is -2.17. The fraction of sp³-hybridized carbons (Fsp3) is 0.222. The molecule has 4 rings (SSSR count). The lowest BCUT2D eigenvalue weighted by atomic mass is 10.1. The number of pyridine rings is 1. The van der Waals surface area contributed by atoms with E-state index in [4.69, 9.17) is 9.47 Å². The largest absolute Gasteiger partial charge is 0.469 e. The standard InChI is InChI=1S/C27H27N5O6/c1-17-4-6-19(7-5-17)16-31-25(30-26(35)32(27(31)36)15-18(2)24(34)37-3)29-20-8-10-21(11-9-20)38-22-12-13-28-23(33)14-22/h4-14,18H,15-16H2,1-3H3,(H,28,33)(H,29,30,35). The molecule has 1 unspecified atom stereocenters. The van der Waals surface area contributed by atoms with Crippen LogP contribution in [0.3, 0.4) is 0 Å². The topological polar surface area (TPSA) is 137 Å². The summed E-state index contributed by atoms with van der Waals surface area (Å²) < 4.78 is 12.7. The molecule has 0 saturated carbocycles. The Bertz CT molecular complexity index is 1600. The molecule has 0 amide bonds. The lowest BCUT2D eigenvalue weighted by Crippen LogP contribution is -2.44. The van der Waals surface area contributed by atoms with Crippen molar-refractivity contribution in [3.63, 3.8) is 0 Å². The molecular formula is C27H27N5O6. The molecule has 0 radical (unpaired) electrons. The number of hydrogen-bond donors (Lipinski definition) is 2. The zero-order valence-electron chi connectivity index (χ0n) is 21.1. The Labute approximate surface area is 217 Å². The maximum Gasteiger partial charge on any atom is 0.354 e. The van der Waals surface area contributed by atoms with E-state index in [-0.39, 0.29) is 24.6 Å². The minimum absolute atomic E-state index is 0.0470. The number of methoxy groups -OCH3 is 1. The summed E-state index contributed by atoms with van der Waals surface area (Å²) in [6.07, 6.45) is 1.49. The fourth-order valence-electron chi connectivity index (χ4n) is 3.71. The highest BCUT2D eigenvalue weighted by molar-refractivity contribution is 5.71. The van der Waals surface area contributed by atoms with Gasteiger partial charge in [0.15, 0.2) is 0 Å². The number of carbonyl (C=O) groups excluding carboxylic acids is 1. The Hall–Kier alpha value is -4.93. The third-order valence-electron chi connectivity index (χ3n) is 5.76. The molecule has 0 spiro atoms. The number of hydrogen-bond acceptors (Lipinski definition) is 8. The molecular weight excluding hydrogens is 490 g/mol. The molecule has 2 N–H and O–H groups in total. The molecule has 2 aromatic heterocycles. The Morgan fingerprint density at radius 1 is 1.00 bits per heavy atom. The molecule has 0 aliphatic carbocycles. The predicted octanol–water partition coefficient (Wildman–Crippen LogP) is 2.80. The molecule has 0 bridgehead atoms. The quantitative estimate of drug-likeness (QED) is 0.323. The monoisotopic (exact) mass is 517 g/mol. The SMILES string of the molecule is COC(=O)C(C)Cn1c(=O)nc(Nc2ccc(Oc3cc[nH]c(=O)c3)cc2)n(Cc2ccc(C)cc2)c1=O. The van der Waals surface area contributed by atoms with Crippen molar-refractivity contribution in [1.29, 1.82) is 0 Å². The highest BCUT2D eigenvalue weighted by Crippen LogP contribution is 2.23. The van der Waals surface area contributed by atoms with Gasteiger partial charge in [-0.15, -0.1) is 0 Å². The summed E-state index contributed by atoms with van der Waals surface area (Å²) in [6.45, 7) is 3.51. The summed E-state index contributed by atoms with van der Waals surface area (Å²) in [6, 6.07) is 17.3. The van der Waals surface area contributed by atoms with E-state index >= 15 is 0 Å². The maximum atomic E-state index is 13.4. The number of esters is 1. The summed E-state index contributed by atoms with van der Waals surface area (Å²) in [4.78, 5) is 56.3. The van der Waals surface area contributed by atoms with E-state index in [1.807, 2.05) is 31.2 Å². The first kappa shape index (κ1) is 26.1. The Balaban J connectivity index is 1.66. The number of nitrogens with one attached hydrogen (secondary N) is 2. The number of H-pyrrole nitrogens is 1. The first-order valence-electron chi connectivity index (χ1n) is 11.8. The van der Waals surface area contributed by atoms with Crippen LogP contribution in [0.4, 0.5) is 11.6 Å². The number of anilines is 2. The zero-order valence-corrected chi connectivity index (χ0v) is 21.1. The van der Waals surface area contributed by atoms with Crippen LogP contribution in [0.25, 0.3) is 0 Å². The van der Waals surface area contributed by atoms with Crippen LogP contribution in [0.5, 0.6) is 11.5 Å². The molecule has 38 heavy (non-hydrogen) atoms. The average molecular weight is 518 g/mol. The van der Waals surface area contributed by atoms with Crippen LogP contribution in [-0.2, 0) is 22.6 Å². The zero-order chi connectivity index (χ0) is 27.2. The van der Waals surface area contributed by atoms with Gasteiger partial charge < -0.3 is 19.8 Å². The molecule has 0 aliphatic heterocycles. The molecule has 11 nitrogen and oxygen atoms in total. The van der Waals surface area contributed by atoms with E-state index in [9.17, 15) is 19.2 Å². The summed E-state index contributed by atoms with van der Waals surface area (Å²) in [5.74, 6) is -0.338. The number of carbonyl (C=O) groups is 1. The highest BCUT2D eigenvalue weighted by Gasteiger charge is 2.20. The molecule has 0 fully saturated rings. The smallest absolute Gasteiger partial charge is 0.354 e. The number of benzene rings is 2. The fourth-order valence-corrected chi connectivity index (χ4v) is 3.71. The normalized spacial score (nSPS) is 11.6. The van der Waals surface area contributed by atoms with Crippen LogP contribution in [0.2, 0.25) is 0 Å². The van der Waals surface area contributed by atoms with Crippen LogP contribution in [0.15, 0.2) is 81.2 Å². The van der Waals surface area contributed by atoms with Gasteiger partial charge in [-0.05, 0) is 42.8 Å². The second-order valence-corrected chi connectivity index (χ2v) is 8.75. The van der Waals surface area contributed by atoms with Crippen molar-refractivity contribution >= 4 is 17.6 Å². The second-order valence-electron chi connectivity index (χ2n) is 8.75. The minimum atomic E-state index is -0.789. The first-order chi connectivity index (χ1) is 18.2. The van der Waals surface area contributed by atoms with Crippen LogP contribution in [-0.4, -0.2) is 32.2 Å². The minimum Gasteiger partial charge on any atom is -0.469 e. The number of aryl methyl sites for hydroxylation is 1. The van der Waals surface area contributed by atoms with E-state index < -0.39 is 23.3 Å². The van der Waals surface area contributed by atoms with Crippen LogP contribution in [0.1, 0.15) is 18.1 Å². The maximum absolute atomic E-state index is 13.4. The van der Waals surface area contributed by atoms with Gasteiger partial charge in [-0.1, -0.05) is 36.8 Å². The third kappa shape index (κ3) is 6.25. The van der Waals surface area contributed by atoms with Gasteiger partial charge in [0.25, 0.3) is 5.56 Å². The molecule has 4 aromatic rings. The van der Waals surface area contributed by atoms with Gasteiger partial charge >= 0.3 is 17.3 Å². The Kier molecular flexibility index (Phi) is 7.86. The Morgan fingerprint density at radius 2 is 1.71 bits per heavy atom. The molecule has 2 heterocycles. The van der Waals surface area contributed by atoms with Gasteiger partial charge in [-0.2, -0.15) is 4.98 Å². The van der Waals surface area contributed by atoms with Crippen molar-refractivity contribution in [2.24, 2.45) is 5.92 Å². The summed E-state index contributed by atoms with van der Waals surface area (Å²) >= 11 is 0. The first-order valence-corrected chi connectivity index (χ1v) is 11.8. The third-order valence-corrected chi connectivity index (χ3v) is 5.76. The van der Waals surface area contributed by atoms with Crippen LogP contribution < -0.4 is 27.0 Å². The van der Waals surface area contributed by atoms with Gasteiger partial charge in [0.05, 0.1) is 19.6 Å². The van der Waals surface area contributed by atoms with Crippen molar-refractivity contribution < 1.29 is 14.3 Å². The van der Waals surface area contributed by atoms with Gasteiger partial charge in [0.2, 0.25) is 5.95 Å². The van der Waals surface area contributed by atoms with Crippen molar-refractivity contribution in [1.82, 2.24) is 19.1 Å². The number of aromatic nitrogens is 4. The number of aromatic amines is 1. The van der Waals surface area contributed by atoms with E-state index in [2.05, 4.69) is 15.3 Å². The number of ether oxygens (including phenoxy) is 2. The predicted molar refractivity (Wildman–Crippen MR) is 141 cm³/mol. The van der Waals surface area contributed by atoms with E-state index in [1.165, 1.54) is 23.9 Å². The average Bonchev–Trinajstić information content (AvgIpc) is 2.90. The summed E-state index contributed by atoms with van der Waals surface area (Å²) in [5, 5.41) is 3.04. The molecule has 0 saturated heterocycles. The van der Waals surface area contributed by atoms with Gasteiger partial charge in [0.1, 0.15) is 11.5 Å². The summed E-state index contributed by atoms with van der Waals surface area (Å²) in [5.41, 5.74) is 0.759. The molecule has 2 aromatic carbocycles. The molecule has 196 valence electrons. The molecule has 1 atom stereocenters. The lowest BCUT2D eigenvalue weighted by molar-refractivity contribution is -0.145. The second kappa shape index (κ2) is 11.4. The highest BCUT2D eigenvalue weighted by atomic mass is 16.5. The number of rotatable bonds is 9. The molecule has 0 aliphatic rings. The summed E-state index contributed by atoms with van der Waals surface area (Å²) in [7, 11) is 1.25. The van der Waals surface area contributed by atoms with Crippen molar-refractivity contribution in [2.45, 2.75) is 26.9 Å². The van der Waals surface area contributed by atoms with E-state index in [0.29, 0.717) is 17.2 Å². The van der Waals surface area contributed by atoms with E-state index in [1.54, 1.807) is 37.3 Å².